The van der Waals surface area contributed by atoms with Crippen LogP contribution in [0.15, 0.2) is 78.9 Å². The first-order chi connectivity index (χ1) is 14.8. The van der Waals surface area contributed by atoms with Crippen molar-refractivity contribution in [3.63, 3.8) is 0 Å². The third-order valence-electron chi connectivity index (χ3n) is 4.72. The quantitative estimate of drug-likeness (QED) is 0.424. The van der Waals surface area contributed by atoms with Crippen molar-refractivity contribution in [2.45, 2.75) is 25.7 Å². The average molecular weight is 425 g/mol. The van der Waals surface area contributed by atoms with E-state index in [4.69, 9.17) is 8.92 Å². The highest BCUT2D eigenvalue weighted by Crippen LogP contribution is 2.46. The molecule has 0 fully saturated rings. The second-order valence-corrected chi connectivity index (χ2v) is 7.07. The Balaban J connectivity index is 0.000000590. The predicted octanol–water partition coefficient (Wildman–Crippen LogP) is 6.94. The van der Waals surface area contributed by atoms with E-state index in [0.717, 1.165) is 11.5 Å². The summed E-state index contributed by atoms with van der Waals surface area (Å²) in [6.45, 7) is 4.69. The second kappa shape index (κ2) is 13.0. The lowest BCUT2D eigenvalue weighted by Crippen LogP contribution is -2.25. The van der Waals surface area contributed by atoms with Crippen LogP contribution < -0.4 is 8.92 Å². The zero-order chi connectivity index (χ0) is 21.8. The van der Waals surface area contributed by atoms with Crippen LogP contribution in [0.4, 0.5) is 0 Å². The first-order valence-electron chi connectivity index (χ1n) is 10.3. The number of hydrogen-bond donors (Lipinski definition) is 0. The number of benzene rings is 3. The van der Waals surface area contributed by atoms with E-state index in [0.29, 0.717) is 12.5 Å². The molecular weight excluding hydrogens is 392 g/mol. The topological polar surface area (TPSA) is 27.7 Å². The van der Waals surface area contributed by atoms with Crippen LogP contribution in [-0.4, -0.2) is 27.1 Å². The molecule has 4 heteroatoms. The number of hydrogen-bond acceptors (Lipinski definition) is 4. The monoisotopic (exact) mass is 424 g/mol. The molecule has 3 nitrogen and oxygen atoms in total. The highest BCUT2D eigenvalue weighted by Gasteiger charge is 2.33. The molecule has 30 heavy (non-hydrogen) atoms. The van der Waals surface area contributed by atoms with Gasteiger partial charge >= 0.3 is 0 Å². The van der Waals surface area contributed by atoms with Crippen molar-refractivity contribution < 1.29 is 13.7 Å². The van der Waals surface area contributed by atoms with Crippen LogP contribution in [0.5, 0.6) is 11.5 Å². The number of rotatable bonds is 4. The standard InChI is InChI=1S/C22H20O2S.C2H6O.C2H6/c1-25-24-18-13-11-17(12-14-18)22-19-9-5-6-10-21(19)23-15-20(22)16-7-3-2-4-8-16;1-3-2;1-2/h2-14,20,22H,15H2,1H3;1-2H3;1-2H3. The molecule has 0 saturated carbocycles. The summed E-state index contributed by atoms with van der Waals surface area (Å²) in [6, 6.07) is 27.5. The van der Waals surface area contributed by atoms with Gasteiger partial charge in [0.15, 0.2) is 0 Å². The van der Waals surface area contributed by atoms with Crippen molar-refractivity contribution in [1.29, 1.82) is 0 Å². The van der Waals surface area contributed by atoms with Crippen molar-refractivity contribution in [3.8, 4) is 11.5 Å². The van der Waals surface area contributed by atoms with Crippen LogP contribution in [0.1, 0.15) is 42.4 Å². The van der Waals surface area contributed by atoms with Gasteiger partial charge < -0.3 is 13.7 Å². The third kappa shape index (κ3) is 6.04. The smallest absolute Gasteiger partial charge is 0.137 e. The molecule has 2 atom stereocenters. The molecule has 0 radical (unpaired) electrons. The van der Waals surface area contributed by atoms with Crippen LogP contribution in [0.25, 0.3) is 0 Å². The van der Waals surface area contributed by atoms with Gasteiger partial charge in [-0.15, -0.1) is 0 Å². The summed E-state index contributed by atoms with van der Waals surface area (Å²) >= 11 is 1.36. The van der Waals surface area contributed by atoms with Gasteiger partial charge in [-0.25, -0.2) is 0 Å². The van der Waals surface area contributed by atoms with Crippen LogP contribution >= 0.6 is 12.0 Å². The van der Waals surface area contributed by atoms with Gasteiger partial charge in [0.2, 0.25) is 0 Å². The first kappa shape index (κ1) is 23.8. The summed E-state index contributed by atoms with van der Waals surface area (Å²) in [5.74, 6) is 2.44. The molecule has 1 heterocycles. The van der Waals surface area contributed by atoms with Crippen LogP contribution in [0.2, 0.25) is 0 Å². The van der Waals surface area contributed by atoms with Gasteiger partial charge in [0.25, 0.3) is 0 Å². The largest absolute Gasteiger partial charge is 0.493 e. The maximum atomic E-state index is 6.08. The molecule has 0 amide bonds. The molecule has 3 aromatic carbocycles. The lowest BCUT2D eigenvalue weighted by atomic mass is 9.76. The average Bonchev–Trinajstić information content (AvgIpc) is 2.81. The fourth-order valence-electron chi connectivity index (χ4n) is 3.59. The number of para-hydroxylation sites is 1. The summed E-state index contributed by atoms with van der Waals surface area (Å²) in [4.78, 5) is 0. The van der Waals surface area contributed by atoms with Crippen molar-refractivity contribution in [2.75, 3.05) is 27.1 Å². The van der Waals surface area contributed by atoms with E-state index in [1.807, 2.05) is 38.3 Å². The van der Waals surface area contributed by atoms with E-state index in [-0.39, 0.29) is 5.92 Å². The van der Waals surface area contributed by atoms with Crippen LogP contribution in [0, 0.1) is 0 Å². The van der Waals surface area contributed by atoms with Crippen LogP contribution in [0.3, 0.4) is 0 Å². The molecule has 2 unspecified atom stereocenters. The summed E-state index contributed by atoms with van der Waals surface area (Å²) in [5, 5.41) is 0. The molecule has 1 aliphatic heterocycles. The molecule has 0 aliphatic carbocycles. The van der Waals surface area contributed by atoms with Gasteiger partial charge in [-0.3, -0.25) is 0 Å². The van der Waals surface area contributed by atoms with Gasteiger partial charge in [-0.2, -0.15) is 0 Å². The molecule has 4 rings (SSSR count). The van der Waals surface area contributed by atoms with Gasteiger partial charge in [-0.05, 0) is 29.3 Å². The Morgan fingerprint density at radius 2 is 1.40 bits per heavy atom. The SMILES string of the molecule is CC.COC.CSOc1ccc(C2c3ccccc3OCC2c2ccccc2)cc1. The molecule has 0 spiro atoms. The minimum atomic E-state index is 0.274. The molecule has 160 valence electrons. The lowest BCUT2D eigenvalue weighted by molar-refractivity contribution is 0.249. The Kier molecular flexibility index (Phi) is 10.3. The first-order valence-corrected chi connectivity index (χ1v) is 11.4. The van der Waals surface area contributed by atoms with E-state index in [1.165, 1.54) is 28.7 Å². The van der Waals surface area contributed by atoms with Gasteiger partial charge in [0.05, 0.1) is 18.6 Å². The Bertz CT molecular complexity index is 850. The van der Waals surface area contributed by atoms with E-state index in [2.05, 4.69) is 65.4 Å². The third-order valence-corrected chi connectivity index (χ3v) is 5.08. The lowest BCUT2D eigenvalue weighted by Gasteiger charge is -2.34. The Morgan fingerprint density at radius 3 is 2.03 bits per heavy atom. The number of methoxy groups -OCH3 is 1. The zero-order valence-corrected chi connectivity index (χ0v) is 19.3. The van der Waals surface area contributed by atoms with Crippen LogP contribution in [-0.2, 0) is 4.74 Å². The van der Waals surface area contributed by atoms with Gasteiger partial charge in [0, 0.05) is 37.9 Å². The molecule has 0 saturated heterocycles. The molecule has 1 aliphatic rings. The fourth-order valence-corrected chi connectivity index (χ4v) is 3.89. The zero-order valence-electron chi connectivity index (χ0n) is 18.5. The van der Waals surface area contributed by atoms with Crippen molar-refractivity contribution in [1.82, 2.24) is 0 Å². The van der Waals surface area contributed by atoms with Crippen molar-refractivity contribution in [2.24, 2.45) is 0 Å². The molecule has 3 aromatic rings. The maximum absolute atomic E-state index is 6.08. The minimum Gasteiger partial charge on any atom is -0.493 e. The van der Waals surface area contributed by atoms with Gasteiger partial charge in [-0.1, -0.05) is 74.5 Å². The van der Waals surface area contributed by atoms with E-state index >= 15 is 0 Å². The van der Waals surface area contributed by atoms with Crippen molar-refractivity contribution >= 4 is 12.0 Å². The summed E-state index contributed by atoms with van der Waals surface area (Å²) in [6.07, 6.45) is 1.92. The minimum absolute atomic E-state index is 0.274. The summed E-state index contributed by atoms with van der Waals surface area (Å²) in [7, 11) is 3.25. The van der Waals surface area contributed by atoms with E-state index < -0.39 is 0 Å². The Hall–Kier alpha value is -2.43. The number of fused-ring (bicyclic) bond motifs is 1. The fraction of sp³-hybridized carbons (Fsp3) is 0.308. The Labute approximate surface area is 185 Å². The molecule has 0 N–H and O–H groups in total. The van der Waals surface area contributed by atoms with E-state index in [1.54, 1.807) is 14.2 Å². The highest BCUT2D eigenvalue weighted by atomic mass is 32.2. The second-order valence-electron chi connectivity index (χ2n) is 6.57. The van der Waals surface area contributed by atoms with E-state index in [9.17, 15) is 0 Å². The molecular formula is C26H32O3S. The van der Waals surface area contributed by atoms with Crippen molar-refractivity contribution in [3.05, 3.63) is 95.6 Å². The maximum Gasteiger partial charge on any atom is 0.137 e. The molecule has 0 bridgehead atoms. The summed E-state index contributed by atoms with van der Waals surface area (Å²) < 4.78 is 15.8. The highest BCUT2D eigenvalue weighted by molar-refractivity contribution is 7.94. The van der Waals surface area contributed by atoms with Gasteiger partial charge in [0.1, 0.15) is 11.5 Å². The normalized spacial score (nSPS) is 16.6. The predicted molar refractivity (Wildman–Crippen MR) is 128 cm³/mol. The molecule has 0 aromatic heterocycles. The number of ether oxygens (including phenoxy) is 2. The Morgan fingerprint density at radius 1 is 0.800 bits per heavy atom. The summed E-state index contributed by atoms with van der Waals surface area (Å²) in [5.41, 5.74) is 3.85.